The topological polar surface area (TPSA) is 59.6 Å². The number of rotatable bonds is 6. The summed E-state index contributed by atoms with van der Waals surface area (Å²) in [5.74, 6) is -0.694. The Labute approximate surface area is 157 Å². The number of nitrogens with one attached hydrogen (secondary N) is 2. The van der Waals surface area contributed by atoms with Crippen LogP contribution >= 0.6 is 0 Å². The highest BCUT2D eigenvalue weighted by atomic mass is 19.1. The van der Waals surface area contributed by atoms with Crippen LogP contribution in [0.3, 0.4) is 0 Å². The molecule has 0 aromatic heterocycles. The van der Waals surface area contributed by atoms with Crippen molar-refractivity contribution >= 4 is 23.0 Å². The zero-order chi connectivity index (χ0) is 19.0. The molecule has 1 saturated carbocycles. The van der Waals surface area contributed by atoms with Crippen LogP contribution in [0.5, 0.6) is 0 Å². The second kappa shape index (κ2) is 6.85. The number of hydrogen-bond donors (Lipinski definition) is 2. The van der Waals surface area contributed by atoms with E-state index < -0.39 is 11.8 Å². The van der Waals surface area contributed by atoms with Gasteiger partial charge in [-0.15, -0.1) is 0 Å². The van der Waals surface area contributed by atoms with Crippen molar-refractivity contribution in [3.63, 3.8) is 0 Å². The molecule has 0 radical (unpaired) electrons. The lowest BCUT2D eigenvalue weighted by atomic mass is 10.00. The van der Waals surface area contributed by atoms with Gasteiger partial charge in [-0.2, -0.15) is 0 Å². The van der Waals surface area contributed by atoms with E-state index >= 15 is 0 Å². The predicted molar refractivity (Wildman–Crippen MR) is 102 cm³/mol. The van der Waals surface area contributed by atoms with Crippen LogP contribution in [-0.4, -0.2) is 31.8 Å². The van der Waals surface area contributed by atoms with E-state index in [9.17, 15) is 9.18 Å². The first kappa shape index (κ1) is 17.8. The molecular formula is C21H23FN2O3. The number of methoxy groups -OCH3 is 1. The molecule has 5 nitrogen and oxygen atoms in total. The van der Waals surface area contributed by atoms with E-state index in [2.05, 4.69) is 17.6 Å². The van der Waals surface area contributed by atoms with Crippen molar-refractivity contribution in [2.45, 2.75) is 31.2 Å². The maximum atomic E-state index is 14.8. The van der Waals surface area contributed by atoms with Crippen LogP contribution < -0.4 is 10.6 Å². The lowest BCUT2D eigenvalue weighted by molar-refractivity contribution is -0.0318. The van der Waals surface area contributed by atoms with Crippen molar-refractivity contribution in [3.8, 4) is 0 Å². The van der Waals surface area contributed by atoms with Gasteiger partial charge >= 0.3 is 5.97 Å². The van der Waals surface area contributed by atoms with E-state index in [1.165, 1.54) is 13.2 Å². The summed E-state index contributed by atoms with van der Waals surface area (Å²) in [6.07, 6.45) is 2.00. The van der Waals surface area contributed by atoms with Crippen molar-refractivity contribution in [1.29, 1.82) is 0 Å². The monoisotopic (exact) mass is 370 g/mol. The summed E-state index contributed by atoms with van der Waals surface area (Å²) in [4.78, 5) is 11.8. The van der Waals surface area contributed by atoms with Gasteiger partial charge in [0.2, 0.25) is 0 Å². The fourth-order valence-electron chi connectivity index (χ4n) is 3.36. The first-order valence-electron chi connectivity index (χ1n) is 9.12. The number of halogens is 1. The maximum absolute atomic E-state index is 14.8. The smallest absolute Gasteiger partial charge is 0.337 e. The van der Waals surface area contributed by atoms with Gasteiger partial charge in [-0.1, -0.05) is 6.07 Å². The highest BCUT2D eigenvalue weighted by molar-refractivity contribution is 5.90. The second-order valence-corrected chi connectivity index (χ2v) is 7.57. The van der Waals surface area contributed by atoms with Gasteiger partial charge in [-0.25, -0.2) is 9.18 Å². The normalized spacial score (nSPS) is 17.7. The Hall–Kier alpha value is -2.60. The molecule has 0 unspecified atom stereocenters. The third-order valence-corrected chi connectivity index (χ3v) is 4.98. The molecule has 4 rings (SSSR count). The zero-order valence-electron chi connectivity index (χ0n) is 15.5. The lowest BCUT2D eigenvalue weighted by Crippen LogP contribution is -2.53. The molecule has 1 heterocycles. The van der Waals surface area contributed by atoms with E-state index in [-0.39, 0.29) is 17.0 Å². The van der Waals surface area contributed by atoms with Crippen LogP contribution in [0, 0.1) is 5.82 Å². The predicted octanol–water partition coefficient (Wildman–Crippen LogP) is 4.43. The number of hydrogen-bond acceptors (Lipinski definition) is 5. The molecule has 0 bridgehead atoms. The van der Waals surface area contributed by atoms with Gasteiger partial charge in [0.05, 0.1) is 37.1 Å². The maximum Gasteiger partial charge on any atom is 0.337 e. The van der Waals surface area contributed by atoms with Crippen LogP contribution in [-0.2, 0) is 9.47 Å². The lowest BCUT2D eigenvalue weighted by Gasteiger charge is -2.39. The van der Waals surface area contributed by atoms with Gasteiger partial charge in [0, 0.05) is 11.4 Å². The standard InChI is InChI=1S/C21H23FN2O3/c1-21(11-27-12-21)24-16-5-3-4-15(10-16)23-19-17(13-6-7-13)8-14(9-18(19)22)20(25)26-2/h3-5,8-10,13,23-24H,6-7,11-12H2,1-2H3. The molecular weight excluding hydrogens is 347 g/mol. The Morgan fingerprint density at radius 3 is 2.59 bits per heavy atom. The van der Waals surface area contributed by atoms with Gasteiger partial charge in [0.15, 0.2) is 0 Å². The quantitative estimate of drug-likeness (QED) is 0.737. The average molecular weight is 370 g/mol. The molecule has 2 fully saturated rings. The highest BCUT2D eigenvalue weighted by Gasteiger charge is 2.33. The van der Waals surface area contributed by atoms with Gasteiger partial charge in [0.1, 0.15) is 5.82 Å². The Morgan fingerprint density at radius 2 is 1.96 bits per heavy atom. The number of carbonyl (C=O) groups excluding carboxylic acids is 1. The van der Waals surface area contributed by atoms with Crippen molar-refractivity contribution in [2.24, 2.45) is 0 Å². The Morgan fingerprint density at radius 1 is 1.22 bits per heavy atom. The Balaban J connectivity index is 1.61. The molecule has 1 saturated heterocycles. The summed E-state index contributed by atoms with van der Waals surface area (Å²) >= 11 is 0. The van der Waals surface area contributed by atoms with Crippen molar-refractivity contribution in [1.82, 2.24) is 0 Å². The molecule has 0 atom stereocenters. The van der Waals surface area contributed by atoms with E-state index in [0.29, 0.717) is 18.9 Å². The molecule has 2 aromatic carbocycles. The molecule has 2 aromatic rings. The molecule has 0 amide bonds. The van der Waals surface area contributed by atoms with E-state index in [1.54, 1.807) is 6.07 Å². The van der Waals surface area contributed by atoms with E-state index in [1.807, 2.05) is 24.3 Å². The van der Waals surface area contributed by atoms with Crippen LogP contribution in [0.25, 0.3) is 0 Å². The van der Waals surface area contributed by atoms with E-state index in [4.69, 9.17) is 9.47 Å². The molecule has 6 heteroatoms. The number of carbonyl (C=O) groups is 1. The number of ether oxygens (including phenoxy) is 2. The third-order valence-electron chi connectivity index (χ3n) is 4.98. The molecule has 27 heavy (non-hydrogen) atoms. The fourth-order valence-corrected chi connectivity index (χ4v) is 3.36. The minimum absolute atomic E-state index is 0.0643. The average Bonchev–Trinajstić information content (AvgIpc) is 3.46. The van der Waals surface area contributed by atoms with Crippen LogP contribution in [0.15, 0.2) is 36.4 Å². The van der Waals surface area contributed by atoms with Gasteiger partial charge in [-0.05, 0) is 61.6 Å². The summed E-state index contributed by atoms with van der Waals surface area (Å²) in [5.41, 5.74) is 3.18. The van der Waals surface area contributed by atoms with Crippen LogP contribution in [0.2, 0.25) is 0 Å². The molecule has 2 aliphatic rings. The largest absolute Gasteiger partial charge is 0.465 e. The van der Waals surface area contributed by atoms with Crippen LogP contribution in [0.4, 0.5) is 21.5 Å². The first-order valence-corrected chi connectivity index (χ1v) is 9.12. The molecule has 2 N–H and O–H groups in total. The highest BCUT2D eigenvalue weighted by Crippen LogP contribution is 2.45. The summed E-state index contributed by atoms with van der Waals surface area (Å²) < 4.78 is 24.8. The number of esters is 1. The first-order chi connectivity index (χ1) is 13.0. The molecule has 0 spiro atoms. The molecule has 1 aliphatic carbocycles. The number of anilines is 3. The number of benzene rings is 2. The fraction of sp³-hybridized carbons (Fsp3) is 0.381. The van der Waals surface area contributed by atoms with Crippen molar-refractivity contribution in [3.05, 3.63) is 53.3 Å². The van der Waals surface area contributed by atoms with Crippen molar-refractivity contribution < 1.29 is 18.7 Å². The van der Waals surface area contributed by atoms with Gasteiger partial charge in [-0.3, -0.25) is 0 Å². The second-order valence-electron chi connectivity index (χ2n) is 7.57. The molecule has 1 aliphatic heterocycles. The minimum Gasteiger partial charge on any atom is -0.465 e. The summed E-state index contributed by atoms with van der Waals surface area (Å²) in [6, 6.07) is 10.7. The van der Waals surface area contributed by atoms with Crippen LogP contribution in [0.1, 0.15) is 41.6 Å². The van der Waals surface area contributed by atoms with Gasteiger partial charge < -0.3 is 20.1 Å². The van der Waals surface area contributed by atoms with Gasteiger partial charge in [0.25, 0.3) is 0 Å². The molecule has 142 valence electrons. The van der Waals surface area contributed by atoms with Crippen molar-refractivity contribution in [2.75, 3.05) is 31.0 Å². The Kier molecular flexibility index (Phi) is 4.52. The Bertz CT molecular complexity index is 876. The summed E-state index contributed by atoms with van der Waals surface area (Å²) in [5, 5.41) is 6.67. The minimum atomic E-state index is -0.524. The third kappa shape index (κ3) is 3.76. The summed E-state index contributed by atoms with van der Waals surface area (Å²) in [7, 11) is 1.30. The zero-order valence-corrected chi connectivity index (χ0v) is 15.5. The summed E-state index contributed by atoms with van der Waals surface area (Å²) in [6.45, 7) is 3.44. The van der Waals surface area contributed by atoms with E-state index in [0.717, 1.165) is 29.8 Å². The SMILES string of the molecule is COC(=O)c1cc(F)c(Nc2cccc(NC3(C)COC3)c2)c(C2CC2)c1.